The third-order valence-electron chi connectivity index (χ3n) is 7.31. The third-order valence-corrected chi connectivity index (χ3v) is 9.14. The lowest BCUT2D eigenvalue weighted by molar-refractivity contribution is 0.165. The van der Waals surface area contributed by atoms with Crippen LogP contribution in [0, 0.1) is 5.92 Å². The second-order valence-electron chi connectivity index (χ2n) is 10.1. The van der Waals surface area contributed by atoms with Crippen LogP contribution in [0.15, 0.2) is 84.4 Å². The molecular formula is C30H40N4O2S. The van der Waals surface area contributed by atoms with Crippen LogP contribution in [0.2, 0.25) is 0 Å². The fourth-order valence-corrected chi connectivity index (χ4v) is 6.61. The van der Waals surface area contributed by atoms with Gasteiger partial charge in [-0.1, -0.05) is 49.6 Å². The van der Waals surface area contributed by atoms with Gasteiger partial charge in [-0.15, -0.1) is 0 Å². The van der Waals surface area contributed by atoms with Crippen LogP contribution in [0.3, 0.4) is 0 Å². The Balaban J connectivity index is 1.53. The van der Waals surface area contributed by atoms with Crippen LogP contribution in [0.1, 0.15) is 55.0 Å². The molecule has 7 heteroatoms. The van der Waals surface area contributed by atoms with E-state index in [0.29, 0.717) is 30.4 Å². The van der Waals surface area contributed by atoms with Crippen molar-refractivity contribution in [2.75, 3.05) is 26.2 Å². The number of allylic oxidation sites excluding steroid dienone is 2. The summed E-state index contributed by atoms with van der Waals surface area (Å²) in [5.41, 5.74) is 10.3. The summed E-state index contributed by atoms with van der Waals surface area (Å²) in [6.07, 6.45) is 13.4. The van der Waals surface area contributed by atoms with Gasteiger partial charge < -0.3 is 5.73 Å². The number of benzene rings is 1. The largest absolute Gasteiger partial charge is 0.330 e. The van der Waals surface area contributed by atoms with Crippen LogP contribution in [0.5, 0.6) is 0 Å². The predicted molar refractivity (Wildman–Crippen MR) is 150 cm³/mol. The number of rotatable bonds is 14. The van der Waals surface area contributed by atoms with Crippen LogP contribution >= 0.6 is 0 Å². The molecule has 1 saturated carbocycles. The summed E-state index contributed by atoms with van der Waals surface area (Å²) in [7, 11) is -3.63. The second-order valence-corrected chi connectivity index (χ2v) is 12.1. The maximum Gasteiger partial charge on any atom is 0.243 e. The first-order valence-electron chi connectivity index (χ1n) is 13.4. The molecule has 1 heterocycles. The molecular weight excluding hydrogens is 480 g/mol. The number of sulfonamides is 1. The molecule has 1 aromatic carbocycles. The van der Waals surface area contributed by atoms with E-state index in [1.807, 2.05) is 30.5 Å². The van der Waals surface area contributed by atoms with Crippen molar-refractivity contribution in [1.82, 2.24) is 14.2 Å². The van der Waals surface area contributed by atoms with Crippen molar-refractivity contribution in [3.8, 4) is 0 Å². The van der Waals surface area contributed by atoms with E-state index in [1.54, 1.807) is 28.6 Å². The summed E-state index contributed by atoms with van der Waals surface area (Å²) in [6.45, 7) is 10.7. The average Bonchev–Trinajstić information content (AvgIpc) is 3.74. The fraction of sp³-hybridized carbons (Fsp3) is 0.433. The molecule has 1 atom stereocenters. The summed E-state index contributed by atoms with van der Waals surface area (Å²) in [5, 5.41) is 0. The Bertz CT molecular complexity index is 1200. The van der Waals surface area contributed by atoms with E-state index in [2.05, 4.69) is 24.1 Å². The molecule has 0 spiro atoms. The maximum absolute atomic E-state index is 13.6. The van der Waals surface area contributed by atoms with Gasteiger partial charge >= 0.3 is 0 Å². The van der Waals surface area contributed by atoms with E-state index >= 15 is 0 Å². The zero-order valence-electron chi connectivity index (χ0n) is 21.8. The van der Waals surface area contributed by atoms with Crippen LogP contribution in [-0.4, -0.2) is 48.8 Å². The lowest BCUT2D eigenvalue weighted by Gasteiger charge is -2.35. The highest BCUT2D eigenvalue weighted by Crippen LogP contribution is 2.34. The van der Waals surface area contributed by atoms with Gasteiger partial charge in [0.25, 0.3) is 0 Å². The van der Waals surface area contributed by atoms with Gasteiger partial charge in [0.1, 0.15) is 0 Å². The summed E-state index contributed by atoms with van der Waals surface area (Å²) in [6, 6.07) is 11.9. The first-order valence-corrected chi connectivity index (χ1v) is 14.8. The van der Waals surface area contributed by atoms with E-state index in [0.717, 1.165) is 62.8 Å². The smallest absolute Gasteiger partial charge is 0.243 e. The van der Waals surface area contributed by atoms with Crippen molar-refractivity contribution in [1.29, 1.82) is 0 Å². The van der Waals surface area contributed by atoms with Crippen molar-refractivity contribution in [3.05, 3.63) is 96.4 Å². The molecule has 0 saturated heterocycles. The number of aryl methyl sites for hydroxylation is 1. The van der Waals surface area contributed by atoms with Gasteiger partial charge in [-0.2, -0.15) is 4.31 Å². The van der Waals surface area contributed by atoms with Crippen LogP contribution < -0.4 is 5.73 Å². The molecule has 37 heavy (non-hydrogen) atoms. The number of fused-ring (bicyclic) bond motifs is 1. The zero-order chi connectivity index (χ0) is 26.3. The van der Waals surface area contributed by atoms with Gasteiger partial charge in [-0.25, -0.2) is 8.42 Å². The fourth-order valence-electron chi connectivity index (χ4n) is 5.11. The Morgan fingerprint density at radius 3 is 2.59 bits per heavy atom. The first-order chi connectivity index (χ1) is 18.0. The minimum absolute atomic E-state index is 0.253. The molecule has 4 rings (SSSR count). The highest BCUT2D eigenvalue weighted by molar-refractivity contribution is 7.89. The minimum atomic E-state index is -3.63. The van der Waals surface area contributed by atoms with E-state index in [9.17, 15) is 8.42 Å². The molecule has 2 aliphatic carbocycles. The monoisotopic (exact) mass is 520 g/mol. The highest BCUT2D eigenvalue weighted by Gasteiger charge is 2.32. The second kappa shape index (κ2) is 12.8. The summed E-state index contributed by atoms with van der Waals surface area (Å²) >= 11 is 0. The van der Waals surface area contributed by atoms with Gasteiger partial charge in [-0.3, -0.25) is 9.88 Å². The Hall–Kier alpha value is -2.58. The van der Waals surface area contributed by atoms with Crippen molar-refractivity contribution in [3.63, 3.8) is 0 Å². The van der Waals surface area contributed by atoms with Gasteiger partial charge in [0, 0.05) is 32.4 Å². The summed E-state index contributed by atoms with van der Waals surface area (Å²) < 4.78 is 28.8. The Labute approximate surface area is 222 Å². The zero-order valence-corrected chi connectivity index (χ0v) is 22.6. The Kier molecular flexibility index (Phi) is 9.49. The van der Waals surface area contributed by atoms with Crippen molar-refractivity contribution < 1.29 is 8.42 Å². The van der Waals surface area contributed by atoms with Crippen molar-refractivity contribution in [2.45, 2.75) is 56.0 Å². The molecule has 2 N–H and O–H groups in total. The predicted octanol–water partition coefficient (Wildman–Crippen LogP) is 5.01. The lowest BCUT2D eigenvalue weighted by Crippen LogP contribution is -2.34. The molecule has 0 aliphatic heterocycles. The normalized spacial score (nSPS) is 18.1. The van der Waals surface area contributed by atoms with Gasteiger partial charge in [-0.05, 0) is 85.9 Å². The van der Waals surface area contributed by atoms with E-state index in [4.69, 9.17) is 10.7 Å². The number of pyridine rings is 1. The van der Waals surface area contributed by atoms with E-state index in [1.165, 1.54) is 11.3 Å². The van der Waals surface area contributed by atoms with Crippen LogP contribution in [0.4, 0.5) is 0 Å². The Morgan fingerprint density at radius 2 is 1.92 bits per heavy atom. The van der Waals surface area contributed by atoms with Gasteiger partial charge in [0.15, 0.2) is 0 Å². The minimum Gasteiger partial charge on any atom is -0.330 e. The standard InChI is InChI=1S/C30H40N4O2S/c1-3-8-24(4-2)22-34(23-26-12-13-26)37(35,36)28-16-14-25(15-17-28)21-33(20-7-18-31)29-11-5-9-27-10-6-19-32-30(27)29/h3-4,6,8,10,14-17,19,26,29H,1-2,5,7,9,11-13,18,20-23,31H2/b24-8+. The van der Waals surface area contributed by atoms with Crippen LogP contribution in [-0.2, 0) is 23.0 Å². The SMILES string of the molecule is C=C/C=C(\C=C)CN(CC1CC1)S(=O)(=O)c1ccc(CN(CCCN)C2CCCc3cccnc32)cc1. The average molecular weight is 521 g/mol. The molecule has 2 aliphatic rings. The topological polar surface area (TPSA) is 79.5 Å². The molecule has 6 nitrogen and oxygen atoms in total. The van der Waals surface area contributed by atoms with Gasteiger partial charge in [0.05, 0.1) is 16.6 Å². The number of nitrogens with two attached hydrogens (primary N) is 1. The molecule has 0 amide bonds. The quantitative estimate of drug-likeness (QED) is 0.354. The number of hydrogen-bond donors (Lipinski definition) is 1. The van der Waals surface area contributed by atoms with Crippen LogP contribution in [0.25, 0.3) is 0 Å². The van der Waals surface area contributed by atoms with Crippen molar-refractivity contribution in [2.24, 2.45) is 11.7 Å². The van der Waals surface area contributed by atoms with E-state index in [-0.39, 0.29) is 6.04 Å². The molecule has 1 aromatic heterocycles. The van der Waals surface area contributed by atoms with E-state index < -0.39 is 10.0 Å². The molecule has 1 fully saturated rings. The summed E-state index contributed by atoms with van der Waals surface area (Å²) in [5.74, 6) is 0.437. The highest BCUT2D eigenvalue weighted by atomic mass is 32.2. The number of nitrogens with zero attached hydrogens (tertiary/aromatic N) is 3. The van der Waals surface area contributed by atoms with Gasteiger partial charge in [0.2, 0.25) is 10.0 Å². The number of hydrogen-bond acceptors (Lipinski definition) is 5. The van der Waals surface area contributed by atoms with Crippen molar-refractivity contribution >= 4 is 10.0 Å². The summed E-state index contributed by atoms with van der Waals surface area (Å²) in [4.78, 5) is 7.52. The number of aromatic nitrogens is 1. The molecule has 198 valence electrons. The lowest BCUT2D eigenvalue weighted by atomic mass is 9.90. The first kappa shape index (κ1) is 27.5. The molecule has 0 radical (unpaired) electrons. The third kappa shape index (κ3) is 7.05. The molecule has 2 aromatic rings. The molecule has 0 bridgehead atoms. The molecule has 1 unspecified atom stereocenters. The maximum atomic E-state index is 13.6. The Morgan fingerprint density at radius 1 is 1.14 bits per heavy atom.